The first-order chi connectivity index (χ1) is 13.0. The van der Waals surface area contributed by atoms with Gasteiger partial charge in [-0.25, -0.2) is 4.98 Å². The first-order valence-electron chi connectivity index (χ1n) is 9.27. The van der Waals surface area contributed by atoms with Crippen molar-refractivity contribution in [1.82, 2.24) is 15.3 Å². The standard InChI is InChI=1S/C21H26N4OS.2ClH/c1-3-21(22,4-2)14-23-19(26)16-10-6-5-9-15(16)13-27-20-24-17-11-7-8-12-18(17)25-20;;/h5-12H,3-4,13-14,22H2,1-2H3,(H,23,26)(H,24,25);2*1H. The summed E-state index contributed by atoms with van der Waals surface area (Å²) in [5.41, 5.74) is 9.59. The van der Waals surface area contributed by atoms with Gasteiger partial charge in [-0.3, -0.25) is 4.79 Å². The molecule has 0 atom stereocenters. The van der Waals surface area contributed by atoms with E-state index in [0.29, 0.717) is 17.9 Å². The van der Waals surface area contributed by atoms with Crippen LogP contribution in [0.1, 0.15) is 42.6 Å². The van der Waals surface area contributed by atoms with Gasteiger partial charge >= 0.3 is 0 Å². The molecule has 8 heteroatoms. The van der Waals surface area contributed by atoms with Crippen molar-refractivity contribution in [2.24, 2.45) is 5.73 Å². The van der Waals surface area contributed by atoms with Gasteiger partial charge in [0.1, 0.15) is 0 Å². The first kappa shape index (κ1) is 25.3. The number of para-hydroxylation sites is 2. The maximum atomic E-state index is 12.7. The molecule has 29 heavy (non-hydrogen) atoms. The zero-order chi connectivity index (χ0) is 19.3. The number of H-pyrrole nitrogens is 1. The van der Waals surface area contributed by atoms with Crippen molar-refractivity contribution in [1.29, 1.82) is 0 Å². The number of amides is 1. The molecular weight excluding hydrogens is 427 g/mol. The van der Waals surface area contributed by atoms with Crippen LogP contribution in [0, 0.1) is 0 Å². The molecule has 2 aromatic carbocycles. The van der Waals surface area contributed by atoms with E-state index in [1.165, 1.54) is 0 Å². The molecule has 0 aliphatic rings. The van der Waals surface area contributed by atoms with Gasteiger partial charge in [0, 0.05) is 23.4 Å². The highest BCUT2D eigenvalue weighted by Crippen LogP contribution is 2.24. The number of halogens is 2. The maximum Gasteiger partial charge on any atom is 0.251 e. The zero-order valence-electron chi connectivity index (χ0n) is 16.6. The summed E-state index contributed by atoms with van der Waals surface area (Å²) in [6, 6.07) is 15.6. The summed E-state index contributed by atoms with van der Waals surface area (Å²) < 4.78 is 0. The predicted octanol–water partition coefficient (Wildman–Crippen LogP) is 4.95. The van der Waals surface area contributed by atoms with Gasteiger partial charge in [-0.15, -0.1) is 24.8 Å². The Labute approximate surface area is 188 Å². The second-order valence-electron chi connectivity index (χ2n) is 6.76. The Morgan fingerprint density at radius 2 is 1.76 bits per heavy atom. The number of rotatable bonds is 8. The number of carbonyl (C=O) groups excluding carboxylic acids is 1. The Bertz CT molecular complexity index is 895. The lowest BCUT2D eigenvalue weighted by molar-refractivity contribution is 0.0941. The molecule has 0 aliphatic heterocycles. The van der Waals surface area contributed by atoms with E-state index in [1.807, 2.05) is 62.4 Å². The Kier molecular flexibility index (Phi) is 10.00. The number of nitrogens with two attached hydrogens (primary N) is 1. The van der Waals surface area contributed by atoms with E-state index in [0.717, 1.165) is 34.6 Å². The quantitative estimate of drug-likeness (QED) is 0.420. The summed E-state index contributed by atoms with van der Waals surface area (Å²) in [6.07, 6.45) is 1.65. The van der Waals surface area contributed by atoms with Crippen molar-refractivity contribution in [2.75, 3.05) is 6.54 Å². The van der Waals surface area contributed by atoms with E-state index in [4.69, 9.17) is 5.73 Å². The molecule has 3 rings (SSSR count). The third-order valence-electron chi connectivity index (χ3n) is 5.00. The fourth-order valence-electron chi connectivity index (χ4n) is 2.86. The van der Waals surface area contributed by atoms with Crippen molar-refractivity contribution in [3.8, 4) is 0 Å². The van der Waals surface area contributed by atoms with Crippen LogP contribution in [0.3, 0.4) is 0 Å². The molecule has 0 bridgehead atoms. The smallest absolute Gasteiger partial charge is 0.251 e. The molecule has 0 fully saturated rings. The molecule has 0 spiro atoms. The minimum absolute atomic E-state index is 0. The molecule has 0 saturated carbocycles. The lowest BCUT2D eigenvalue weighted by atomic mass is 9.94. The molecular formula is C21H28Cl2N4OS. The van der Waals surface area contributed by atoms with Gasteiger partial charge in [0.2, 0.25) is 0 Å². The largest absolute Gasteiger partial charge is 0.350 e. The number of nitrogens with one attached hydrogen (secondary N) is 2. The van der Waals surface area contributed by atoms with Crippen LogP contribution in [-0.4, -0.2) is 28.0 Å². The number of thioether (sulfide) groups is 1. The molecule has 0 unspecified atom stereocenters. The van der Waals surface area contributed by atoms with Gasteiger partial charge in [0.15, 0.2) is 5.16 Å². The summed E-state index contributed by atoms with van der Waals surface area (Å²) in [7, 11) is 0. The van der Waals surface area contributed by atoms with Crippen LogP contribution >= 0.6 is 36.6 Å². The molecule has 0 aliphatic carbocycles. The minimum atomic E-state index is -0.354. The molecule has 1 aromatic heterocycles. The monoisotopic (exact) mass is 454 g/mol. The van der Waals surface area contributed by atoms with Crippen LogP contribution in [0.15, 0.2) is 53.7 Å². The second kappa shape index (κ2) is 11.5. The SMILES string of the molecule is CCC(N)(CC)CNC(=O)c1ccccc1CSc1nc2ccccc2[nH]1.Cl.Cl. The Balaban J connectivity index is 0.00000210. The predicted molar refractivity (Wildman–Crippen MR) is 126 cm³/mol. The number of imidazole rings is 1. The van der Waals surface area contributed by atoms with Gasteiger partial charge in [0.25, 0.3) is 5.91 Å². The molecule has 1 amide bonds. The van der Waals surface area contributed by atoms with Gasteiger partial charge in [-0.1, -0.05) is 55.9 Å². The van der Waals surface area contributed by atoms with E-state index in [-0.39, 0.29) is 36.3 Å². The fourth-order valence-corrected chi connectivity index (χ4v) is 3.75. The van der Waals surface area contributed by atoms with Gasteiger partial charge in [0.05, 0.1) is 11.0 Å². The highest BCUT2D eigenvalue weighted by Gasteiger charge is 2.22. The molecule has 4 N–H and O–H groups in total. The highest BCUT2D eigenvalue weighted by molar-refractivity contribution is 7.98. The molecule has 158 valence electrons. The summed E-state index contributed by atoms with van der Waals surface area (Å²) in [6.45, 7) is 4.57. The van der Waals surface area contributed by atoms with Crippen LogP contribution < -0.4 is 11.1 Å². The van der Waals surface area contributed by atoms with Crippen molar-refractivity contribution in [3.63, 3.8) is 0 Å². The van der Waals surface area contributed by atoms with E-state index < -0.39 is 0 Å². The fraction of sp³-hybridized carbons (Fsp3) is 0.333. The summed E-state index contributed by atoms with van der Waals surface area (Å²) in [5, 5.41) is 3.86. The molecule has 0 radical (unpaired) electrons. The summed E-state index contributed by atoms with van der Waals surface area (Å²) in [5.74, 6) is 0.589. The Morgan fingerprint density at radius 1 is 1.10 bits per heavy atom. The lowest BCUT2D eigenvalue weighted by Crippen LogP contribution is -2.49. The third-order valence-corrected chi connectivity index (χ3v) is 5.93. The van der Waals surface area contributed by atoms with Crippen LogP contribution in [0.5, 0.6) is 0 Å². The number of carbonyl (C=O) groups is 1. The van der Waals surface area contributed by atoms with Crippen molar-refractivity contribution in [2.45, 2.75) is 43.1 Å². The number of fused-ring (bicyclic) bond motifs is 1. The van der Waals surface area contributed by atoms with Crippen LogP contribution in [0.4, 0.5) is 0 Å². The minimum Gasteiger partial charge on any atom is -0.350 e. The first-order valence-corrected chi connectivity index (χ1v) is 10.3. The molecule has 5 nitrogen and oxygen atoms in total. The Hall–Kier alpha value is -1.73. The normalized spacial score (nSPS) is 10.9. The summed E-state index contributed by atoms with van der Waals surface area (Å²) in [4.78, 5) is 20.6. The van der Waals surface area contributed by atoms with Crippen LogP contribution in [-0.2, 0) is 5.75 Å². The van der Waals surface area contributed by atoms with Crippen LogP contribution in [0.25, 0.3) is 11.0 Å². The van der Waals surface area contributed by atoms with E-state index in [9.17, 15) is 4.79 Å². The highest BCUT2D eigenvalue weighted by atomic mass is 35.5. The lowest BCUT2D eigenvalue weighted by Gasteiger charge is -2.27. The van der Waals surface area contributed by atoms with Crippen molar-refractivity contribution >= 4 is 53.5 Å². The number of aromatic nitrogens is 2. The average Bonchev–Trinajstić information content (AvgIpc) is 3.13. The number of aromatic amines is 1. The van der Waals surface area contributed by atoms with Gasteiger partial charge in [-0.05, 0) is 36.6 Å². The number of hydrogen-bond donors (Lipinski definition) is 3. The molecule has 3 aromatic rings. The Morgan fingerprint density at radius 3 is 2.45 bits per heavy atom. The van der Waals surface area contributed by atoms with Crippen LogP contribution in [0.2, 0.25) is 0 Å². The maximum absolute atomic E-state index is 12.7. The van der Waals surface area contributed by atoms with E-state index in [1.54, 1.807) is 11.8 Å². The zero-order valence-corrected chi connectivity index (χ0v) is 19.1. The van der Waals surface area contributed by atoms with E-state index >= 15 is 0 Å². The molecule has 1 heterocycles. The summed E-state index contributed by atoms with van der Waals surface area (Å²) >= 11 is 1.59. The van der Waals surface area contributed by atoms with Crippen molar-refractivity contribution < 1.29 is 4.79 Å². The van der Waals surface area contributed by atoms with Gasteiger partial charge in [-0.2, -0.15) is 0 Å². The number of benzene rings is 2. The average molecular weight is 455 g/mol. The third kappa shape index (κ3) is 6.37. The van der Waals surface area contributed by atoms with Gasteiger partial charge < -0.3 is 16.0 Å². The number of nitrogens with zero attached hydrogens (tertiary/aromatic N) is 1. The second-order valence-corrected chi connectivity index (χ2v) is 7.72. The number of hydrogen-bond acceptors (Lipinski definition) is 4. The van der Waals surface area contributed by atoms with E-state index in [2.05, 4.69) is 15.3 Å². The van der Waals surface area contributed by atoms with Crippen molar-refractivity contribution in [3.05, 3.63) is 59.7 Å². The molecule has 0 saturated heterocycles. The topological polar surface area (TPSA) is 83.8 Å².